The molecule has 0 unspecified atom stereocenters. The molecule has 22 heavy (non-hydrogen) atoms. The van der Waals surface area contributed by atoms with E-state index in [-0.39, 0.29) is 34.1 Å². The van der Waals surface area contributed by atoms with Crippen LogP contribution in [0.4, 0.5) is 0 Å². The van der Waals surface area contributed by atoms with Crippen molar-refractivity contribution >= 4 is 0 Å². The van der Waals surface area contributed by atoms with Crippen LogP contribution in [-0.4, -0.2) is 0 Å². The molecule has 0 aliphatic heterocycles. The van der Waals surface area contributed by atoms with Gasteiger partial charge in [0, 0.05) is 0 Å². The molecule has 131 valence electrons. The Morgan fingerprint density at radius 1 is 0.182 bits per heavy atom. The molecule has 0 nitrogen and oxygen atoms in total. The largest absolute Gasteiger partial charge is 3.00 e. The maximum Gasteiger partial charge on any atom is 3.00 e. The summed E-state index contributed by atoms with van der Waals surface area (Å²) in [4.78, 5) is 0. The molecular formula is C20H40Fe2+5. The predicted octanol–water partition coefficient (Wildman–Crippen LogP) is 7.80. The van der Waals surface area contributed by atoms with Crippen LogP contribution in [0.3, 0.4) is 0 Å². The number of rotatable bonds is 0. The molecule has 2 heteroatoms. The first-order chi connectivity index (χ1) is 10.0. The number of hydrogen-bond donors (Lipinski definition) is 0. The first kappa shape index (κ1) is 25.3. The van der Waals surface area contributed by atoms with Gasteiger partial charge in [0.25, 0.3) is 0 Å². The van der Waals surface area contributed by atoms with Gasteiger partial charge in [-0.1, -0.05) is 128 Å². The standard InChI is InChI=1S/4C5H10.2Fe/c4*1-2-4-5-3-1;;/h4*1-5H2;;/q;;;;+2;+3. The Morgan fingerprint density at radius 2 is 0.227 bits per heavy atom. The molecule has 0 atom stereocenters. The monoisotopic (exact) mass is 392 g/mol. The third-order valence-corrected chi connectivity index (χ3v) is 5.00. The van der Waals surface area contributed by atoms with E-state index in [0.29, 0.717) is 0 Å². The fourth-order valence-electron chi connectivity index (χ4n) is 3.54. The third kappa shape index (κ3) is 19.1. The molecule has 0 aromatic carbocycles. The summed E-state index contributed by atoms with van der Waals surface area (Å²) in [5.74, 6) is 0. The van der Waals surface area contributed by atoms with Gasteiger partial charge < -0.3 is 0 Å². The summed E-state index contributed by atoms with van der Waals surface area (Å²) in [6.45, 7) is 0. The summed E-state index contributed by atoms with van der Waals surface area (Å²) in [7, 11) is 0. The Hall–Kier alpha value is 1.04. The fourth-order valence-corrected chi connectivity index (χ4v) is 3.54. The van der Waals surface area contributed by atoms with E-state index in [1.165, 1.54) is 128 Å². The van der Waals surface area contributed by atoms with Gasteiger partial charge in [-0.3, -0.25) is 0 Å². The van der Waals surface area contributed by atoms with Gasteiger partial charge in [-0.05, 0) is 0 Å². The van der Waals surface area contributed by atoms with Crippen molar-refractivity contribution in [3.05, 3.63) is 0 Å². The van der Waals surface area contributed by atoms with Gasteiger partial charge in [-0.15, -0.1) is 0 Å². The fraction of sp³-hybridized carbons (Fsp3) is 1.00. The van der Waals surface area contributed by atoms with Gasteiger partial charge in [-0.2, -0.15) is 0 Å². The maximum atomic E-state index is 1.50. The zero-order valence-electron chi connectivity index (χ0n) is 14.8. The van der Waals surface area contributed by atoms with E-state index >= 15 is 0 Å². The van der Waals surface area contributed by atoms with Crippen molar-refractivity contribution in [3.63, 3.8) is 0 Å². The Bertz CT molecular complexity index is 96.1. The Morgan fingerprint density at radius 3 is 0.273 bits per heavy atom. The van der Waals surface area contributed by atoms with E-state index < -0.39 is 0 Å². The van der Waals surface area contributed by atoms with Crippen molar-refractivity contribution in [1.29, 1.82) is 0 Å². The molecule has 4 saturated carbocycles. The molecule has 0 aromatic heterocycles. The molecule has 0 bridgehead atoms. The van der Waals surface area contributed by atoms with E-state index in [1.807, 2.05) is 0 Å². The van der Waals surface area contributed by atoms with Crippen LogP contribution in [0, 0.1) is 0 Å². The smallest absolute Gasteiger partial charge is 0.0533 e. The summed E-state index contributed by atoms with van der Waals surface area (Å²) < 4.78 is 0. The van der Waals surface area contributed by atoms with Crippen LogP contribution in [0.25, 0.3) is 0 Å². The van der Waals surface area contributed by atoms with Crippen molar-refractivity contribution < 1.29 is 34.1 Å². The Kier molecular flexibility index (Phi) is 25.3. The van der Waals surface area contributed by atoms with Crippen LogP contribution in [0.2, 0.25) is 0 Å². The molecule has 0 amide bonds. The average molecular weight is 392 g/mol. The minimum atomic E-state index is 0. The van der Waals surface area contributed by atoms with Gasteiger partial charge in [0.2, 0.25) is 0 Å². The van der Waals surface area contributed by atoms with Crippen molar-refractivity contribution in [3.8, 4) is 0 Å². The SMILES string of the molecule is C1CCCC1.C1CCCC1.C1CCCC1.C1CCCC1.[Fe+2].[Fe+3]. The molecule has 0 N–H and O–H groups in total. The van der Waals surface area contributed by atoms with E-state index in [9.17, 15) is 0 Å². The molecule has 0 heterocycles. The summed E-state index contributed by atoms with van der Waals surface area (Å²) in [6.07, 6.45) is 30.0. The van der Waals surface area contributed by atoms with Gasteiger partial charge in [0.05, 0.1) is 0 Å². The molecule has 4 rings (SSSR count). The Balaban J connectivity index is 0. The zero-order chi connectivity index (χ0) is 14.1. The predicted molar refractivity (Wildman–Crippen MR) is 92.3 cm³/mol. The van der Waals surface area contributed by atoms with Crippen molar-refractivity contribution in [2.75, 3.05) is 0 Å². The minimum Gasteiger partial charge on any atom is -0.0533 e. The molecule has 4 fully saturated rings. The molecule has 4 aliphatic rings. The summed E-state index contributed by atoms with van der Waals surface area (Å²) >= 11 is 0. The van der Waals surface area contributed by atoms with Gasteiger partial charge >= 0.3 is 34.1 Å². The van der Waals surface area contributed by atoms with Crippen molar-refractivity contribution in [2.45, 2.75) is 128 Å². The topological polar surface area (TPSA) is 0 Å². The van der Waals surface area contributed by atoms with Gasteiger partial charge in [0.15, 0.2) is 0 Å². The van der Waals surface area contributed by atoms with E-state index in [1.54, 1.807) is 0 Å². The quantitative estimate of drug-likeness (QED) is 0.369. The van der Waals surface area contributed by atoms with E-state index in [0.717, 1.165) is 0 Å². The summed E-state index contributed by atoms with van der Waals surface area (Å²) in [5.41, 5.74) is 0. The Labute approximate surface area is 162 Å². The normalized spacial score (nSPS) is 21.8. The molecular weight excluding hydrogens is 352 g/mol. The first-order valence-electron chi connectivity index (χ1n) is 10.00. The van der Waals surface area contributed by atoms with Crippen molar-refractivity contribution in [2.24, 2.45) is 0 Å². The van der Waals surface area contributed by atoms with Crippen LogP contribution in [0.1, 0.15) is 128 Å². The molecule has 0 spiro atoms. The molecule has 4 aliphatic carbocycles. The second-order valence-corrected chi connectivity index (χ2v) is 7.07. The van der Waals surface area contributed by atoms with Gasteiger partial charge in [0.1, 0.15) is 0 Å². The molecule has 1 radical (unpaired) electrons. The van der Waals surface area contributed by atoms with Crippen LogP contribution < -0.4 is 0 Å². The molecule has 0 aromatic rings. The average Bonchev–Trinajstić information content (AvgIpc) is 3.40. The van der Waals surface area contributed by atoms with Crippen LogP contribution >= 0.6 is 0 Å². The maximum absolute atomic E-state index is 1.50. The summed E-state index contributed by atoms with van der Waals surface area (Å²) in [5, 5.41) is 0. The van der Waals surface area contributed by atoms with Crippen molar-refractivity contribution in [1.82, 2.24) is 0 Å². The third-order valence-electron chi connectivity index (χ3n) is 5.00. The zero-order valence-corrected chi connectivity index (χ0v) is 17.1. The summed E-state index contributed by atoms with van der Waals surface area (Å²) in [6, 6.07) is 0. The second-order valence-electron chi connectivity index (χ2n) is 7.07. The van der Waals surface area contributed by atoms with E-state index in [4.69, 9.17) is 0 Å². The van der Waals surface area contributed by atoms with E-state index in [2.05, 4.69) is 0 Å². The van der Waals surface area contributed by atoms with Crippen LogP contribution in [-0.2, 0) is 34.1 Å². The minimum absolute atomic E-state index is 0. The number of hydrogen-bond acceptors (Lipinski definition) is 0. The second kappa shape index (κ2) is 22.0. The molecule has 0 saturated heterocycles. The van der Waals surface area contributed by atoms with Gasteiger partial charge in [-0.25, -0.2) is 0 Å². The first-order valence-corrected chi connectivity index (χ1v) is 10.00. The van der Waals surface area contributed by atoms with Crippen LogP contribution in [0.15, 0.2) is 0 Å². The van der Waals surface area contributed by atoms with Crippen LogP contribution in [0.5, 0.6) is 0 Å².